The van der Waals surface area contributed by atoms with Gasteiger partial charge in [-0.2, -0.15) is 0 Å². The molecule has 2 aromatic carbocycles. The van der Waals surface area contributed by atoms with Crippen LogP contribution < -0.4 is 10.1 Å². The van der Waals surface area contributed by atoms with Crippen LogP contribution in [0.1, 0.15) is 16.7 Å². The van der Waals surface area contributed by atoms with Crippen LogP contribution in [0.5, 0.6) is 5.75 Å². The Morgan fingerprint density at radius 1 is 1.18 bits per heavy atom. The van der Waals surface area contributed by atoms with Crippen LogP contribution in [0.15, 0.2) is 35.5 Å². The van der Waals surface area contributed by atoms with Gasteiger partial charge >= 0.3 is 0 Å². The van der Waals surface area contributed by atoms with Crippen molar-refractivity contribution in [1.29, 1.82) is 0 Å². The molecule has 0 unspecified atom stereocenters. The Morgan fingerprint density at radius 3 is 2.79 bits per heavy atom. The molecule has 0 bridgehead atoms. The summed E-state index contributed by atoms with van der Waals surface area (Å²) in [6.07, 6.45) is 0.863. The molecular weight excluding hydrogens is 358 g/mol. The van der Waals surface area contributed by atoms with Gasteiger partial charge in [-0.3, -0.25) is 4.79 Å². The zero-order valence-electron chi connectivity index (χ0n) is 16.0. The van der Waals surface area contributed by atoms with Crippen molar-refractivity contribution in [3.05, 3.63) is 47.0 Å². The highest BCUT2D eigenvalue weighted by Gasteiger charge is 2.33. The van der Waals surface area contributed by atoms with E-state index >= 15 is 0 Å². The lowest BCUT2D eigenvalue weighted by Gasteiger charge is -2.29. The zero-order valence-corrected chi connectivity index (χ0v) is 16.0. The largest absolute Gasteiger partial charge is 0.491 e. The maximum Gasteiger partial charge on any atom is 0.278 e. The van der Waals surface area contributed by atoms with Gasteiger partial charge in [0.15, 0.2) is 5.71 Å². The highest BCUT2D eigenvalue weighted by atomic mass is 16.5. The van der Waals surface area contributed by atoms with Gasteiger partial charge in [-0.05, 0) is 42.3 Å². The highest BCUT2D eigenvalue weighted by Crippen LogP contribution is 2.42. The number of hydrogen-bond donors (Lipinski definition) is 2. The van der Waals surface area contributed by atoms with Crippen molar-refractivity contribution in [1.82, 2.24) is 4.90 Å². The number of nitrogens with zero attached hydrogens (tertiary/aromatic N) is 2. The van der Waals surface area contributed by atoms with Crippen LogP contribution in [0.4, 0.5) is 5.69 Å². The Morgan fingerprint density at radius 2 is 2.00 bits per heavy atom. The predicted molar refractivity (Wildman–Crippen MR) is 106 cm³/mol. The first-order valence-electron chi connectivity index (χ1n) is 9.26. The molecule has 0 spiro atoms. The number of benzene rings is 2. The summed E-state index contributed by atoms with van der Waals surface area (Å²) in [5.41, 5.74) is 5.65. The number of rotatable bonds is 5. The third-order valence-corrected chi connectivity index (χ3v) is 5.25. The predicted octanol–water partition coefficient (Wildman–Crippen LogP) is 2.50. The summed E-state index contributed by atoms with van der Waals surface area (Å²) in [5.74, 6) is 0.384. The number of methoxy groups -OCH3 is 1. The van der Waals surface area contributed by atoms with Gasteiger partial charge in [-0.1, -0.05) is 23.4 Å². The molecule has 7 heteroatoms. The summed E-state index contributed by atoms with van der Waals surface area (Å²) in [6, 6.07) is 9.79. The molecule has 4 rings (SSSR count). The summed E-state index contributed by atoms with van der Waals surface area (Å²) in [4.78, 5) is 14.5. The fourth-order valence-electron chi connectivity index (χ4n) is 3.91. The molecule has 0 fully saturated rings. The molecule has 2 aliphatic rings. The molecule has 0 saturated heterocycles. The van der Waals surface area contributed by atoms with E-state index in [1.54, 1.807) is 7.11 Å². The number of ether oxygens (including phenoxy) is 2. The van der Waals surface area contributed by atoms with Gasteiger partial charge < -0.3 is 24.9 Å². The van der Waals surface area contributed by atoms with Crippen molar-refractivity contribution in [2.45, 2.75) is 13.0 Å². The second-order valence-corrected chi connectivity index (χ2v) is 7.03. The lowest BCUT2D eigenvalue weighted by molar-refractivity contribution is -0.110. The van der Waals surface area contributed by atoms with Crippen molar-refractivity contribution in [2.24, 2.45) is 5.16 Å². The fourth-order valence-corrected chi connectivity index (χ4v) is 3.91. The lowest BCUT2D eigenvalue weighted by Crippen LogP contribution is -2.28. The molecule has 2 heterocycles. The van der Waals surface area contributed by atoms with Crippen molar-refractivity contribution in [2.75, 3.05) is 39.2 Å². The monoisotopic (exact) mass is 381 g/mol. The number of para-hydroxylation sites is 1. The number of oxime groups is 1. The first-order chi connectivity index (χ1) is 13.6. The minimum atomic E-state index is -0.380. The number of carbonyl (C=O) groups is 1. The average Bonchev–Trinajstić information content (AvgIpc) is 3.03. The van der Waals surface area contributed by atoms with Gasteiger partial charge in [0.05, 0.1) is 12.3 Å². The smallest absolute Gasteiger partial charge is 0.278 e. The fraction of sp³-hybridized carbons (Fsp3) is 0.333. The van der Waals surface area contributed by atoms with Crippen LogP contribution >= 0.6 is 0 Å². The van der Waals surface area contributed by atoms with Crippen LogP contribution in [0, 0.1) is 0 Å². The maximum atomic E-state index is 12.3. The summed E-state index contributed by atoms with van der Waals surface area (Å²) in [7, 11) is 3.70. The van der Waals surface area contributed by atoms with Gasteiger partial charge in [0.25, 0.3) is 5.91 Å². The highest BCUT2D eigenvalue weighted by molar-refractivity contribution is 6.54. The van der Waals surface area contributed by atoms with E-state index in [0.29, 0.717) is 18.8 Å². The minimum absolute atomic E-state index is 0.0464. The van der Waals surface area contributed by atoms with Crippen LogP contribution in [0.3, 0.4) is 0 Å². The van der Waals surface area contributed by atoms with Crippen molar-refractivity contribution in [3.63, 3.8) is 0 Å². The summed E-state index contributed by atoms with van der Waals surface area (Å²) in [5, 5.41) is 15.5. The van der Waals surface area contributed by atoms with E-state index in [9.17, 15) is 10.0 Å². The van der Waals surface area contributed by atoms with Gasteiger partial charge in [-0.15, -0.1) is 0 Å². The molecule has 0 saturated carbocycles. The SMILES string of the molecule is COCCOc1ccccc1-c1cc2c(c3c1CCN(C)C3)NC(=O)/C2=N/O. The second-order valence-electron chi connectivity index (χ2n) is 7.03. The van der Waals surface area contributed by atoms with Crippen molar-refractivity contribution in [3.8, 4) is 16.9 Å². The second kappa shape index (κ2) is 7.61. The maximum absolute atomic E-state index is 12.3. The Labute approximate surface area is 163 Å². The van der Waals surface area contributed by atoms with Crippen molar-refractivity contribution >= 4 is 17.3 Å². The summed E-state index contributed by atoms with van der Waals surface area (Å²) < 4.78 is 11.0. The molecule has 146 valence electrons. The molecule has 2 aliphatic heterocycles. The van der Waals surface area contributed by atoms with Crippen LogP contribution in [0.2, 0.25) is 0 Å². The standard InChI is InChI=1S/C21H23N3O4/c1-24-8-7-13-15(14-5-3-4-6-18(14)28-10-9-27-2)11-16-19(17(13)12-24)22-21(25)20(16)23-26/h3-6,11,26H,7-10,12H2,1-2H3,(H,22,23,25). The Kier molecular flexibility index (Phi) is 5.02. The normalized spacial score (nSPS) is 17.4. The Balaban J connectivity index is 1.89. The van der Waals surface area contributed by atoms with E-state index in [1.165, 1.54) is 5.56 Å². The van der Waals surface area contributed by atoms with E-state index in [0.717, 1.165) is 47.6 Å². The number of nitrogens with one attached hydrogen (secondary N) is 1. The Hall–Kier alpha value is -2.90. The van der Waals surface area contributed by atoms with Crippen molar-refractivity contribution < 1.29 is 19.5 Å². The molecule has 28 heavy (non-hydrogen) atoms. The molecule has 0 aromatic heterocycles. The summed E-state index contributed by atoms with van der Waals surface area (Å²) in [6.45, 7) is 2.60. The molecule has 1 amide bonds. The molecule has 0 radical (unpaired) electrons. The first kappa shape index (κ1) is 18.5. The quantitative estimate of drug-likeness (QED) is 0.472. The van der Waals surface area contributed by atoms with E-state index in [1.807, 2.05) is 30.3 Å². The number of amides is 1. The van der Waals surface area contributed by atoms with E-state index < -0.39 is 0 Å². The minimum Gasteiger partial charge on any atom is -0.491 e. The van der Waals surface area contributed by atoms with Crippen LogP contribution in [-0.4, -0.2) is 55.6 Å². The number of anilines is 1. The molecule has 2 aromatic rings. The zero-order chi connectivity index (χ0) is 19.7. The molecule has 7 nitrogen and oxygen atoms in total. The number of hydrogen-bond acceptors (Lipinski definition) is 6. The molecule has 0 aliphatic carbocycles. The summed E-state index contributed by atoms with van der Waals surface area (Å²) >= 11 is 0. The molecule has 2 N–H and O–H groups in total. The Bertz CT molecular complexity index is 955. The van der Waals surface area contributed by atoms with E-state index in [4.69, 9.17) is 9.47 Å². The van der Waals surface area contributed by atoms with E-state index in [-0.39, 0.29) is 11.6 Å². The first-order valence-corrected chi connectivity index (χ1v) is 9.26. The lowest BCUT2D eigenvalue weighted by atomic mass is 9.87. The van der Waals surface area contributed by atoms with Gasteiger partial charge in [0.1, 0.15) is 12.4 Å². The number of likely N-dealkylation sites (N-methyl/N-ethyl adjacent to an activating group) is 1. The third-order valence-electron chi connectivity index (χ3n) is 5.25. The molecule has 0 atom stereocenters. The van der Waals surface area contributed by atoms with Crippen LogP contribution in [0.25, 0.3) is 11.1 Å². The van der Waals surface area contributed by atoms with Gasteiger partial charge in [0.2, 0.25) is 0 Å². The average molecular weight is 381 g/mol. The van der Waals surface area contributed by atoms with Gasteiger partial charge in [0, 0.05) is 31.3 Å². The number of carbonyl (C=O) groups excluding carboxylic acids is 1. The number of fused-ring (bicyclic) bond motifs is 3. The molecular formula is C21H23N3O4. The van der Waals surface area contributed by atoms with E-state index in [2.05, 4.69) is 22.4 Å². The third kappa shape index (κ3) is 3.12. The van der Waals surface area contributed by atoms with Gasteiger partial charge in [-0.25, -0.2) is 0 Å². The topological polar surface area (TPSA) is 83.4 Å². The van der Waals surface area contributed by atoms with Crippen LogP contribution in [-0.2, 0) is 22.5 Å².